The van der Waals surface area contributed by atoms with Crippen molar-refractivity contribution in [2.45, 2.75) is 19.4 Å². The lowest BCUT2D eigenvalue weighted by atomic mass is 10.1. The molecule has 2 N–H and O–H groups in total. The third kappa shape index (κ3) is 3.61. The van der Waals surface area contributed by atoms with Gasteiger partial charge in [-0.1, -0.05) is 12.1 Å². The zero-order valence-corrected chi connectivity index (χ0v) is 9.41. The molecule has 1 atom stereocenters. The molecule has 15 heavy (non-hydrogen) atoms. The van der Waals surface area contributed by atoms with E-state index in [0.29, 0.717) is 12.6 Å². The molecule has 0 saturated carbocycles. The summed E-state index contributed by atoms with van der Waals surface area (Å²) in [6.45, 7) is 3.79. The largest absolute Gasteiger partial charge is 0.330 e. The molecule has 1 aromatic carbocycles. The Hall–Kier alpha value is -0.930. The monoisotopic (exact) mass is 210 g/mol. The van der Waals surface area contributed by atoms with Crippen LogP contribution in [0.2, 0.25) is 0 Å². The lowest BCUT2D eigenvalue weighted by Crippen LogP contribution is -2.25. The Morgan fingerprint density at radius 1 is 1.33 bits per heavy atom. The molecule has 0 amide bonds. The standard InChI is InChI=1S/C12H19FN2/c1-10(15(2)9-3-8-14)11-4-6-12(13)7-5-11/h4-7,10H,3,8-9,14H2,1-2H3. The van der Waals surface area contributed by atoms with Crippen molar-refractivity contribution < 1.29 is 4.39 Å². The van der Waals surface area contributed by atoms with E-state index < -0.39 is 0 Å². The summed E-state index contributed by atoms with van der Waals surface area (Å²) >= 11 is 0. The third-order valence-corrected chi connectivity index (χ3v) is 2.73. The first-order chi connectivity index (χ1) is 7.15. The molecule has 0 aliphatic carbocycles. The van der Waals surface area contributed by atoms with Gasteiger partial charge in [-0.2, -0.15) is 0 Å². The van der Waals surface area contributed by atoms with Crippen molar-refractivity contribution in [3.63, 3.8) is 0 Å². The number of nitrogens with two attached hydrogens (primary N) is 1. The molecule has 0 aliphatic rings. The predicted molar refractivity (Wildman–Crippen MR) is 61.1 cm³/mol. The van der Waals surface area contributed by atoms with Crippen LogP contribution in [0.25, 0.3) is 0 Å². The molecule has 84 valence electrons. The van der Waals surface area contributed by atoms with Gasteiger partial charge in [0.2, 0.25) is 0 Å². The van der Waals surface area contributed by atoms with E-state index >= 15 is 0 Å². The summed E-state index contributed by atoms with van der Waals surface area (Å²) in [7, 11) is 2.06. The molecule has 0 fully saturated rings. The van der Waals surface area contributed by atoms with Gasteiger partial charge in [0.1, 0.15) is 5.82 Å². The second kappa shape index (κ2) is 5.83. The van der Waals surface area contributed by atoms with Gasteiger partial charge in [0, 0.05) is 6.04 Å². The molecule has 0 heterocycles. The Labute approximate surface area is 90.9 Å². The van der Waals surface area contributed by atoms with Crippen LogP contribution in [0.5, 0.6) is 0 Å². The van der Waals surface area contributed by atoms with Crippen LogP contribution in [0.1, 0.15) is 24.9 Å². The summed E-state index contributed by atoms with van der Waals surface area (Å²) in [5.74, 6) is -0.185. The maximum Gasteiger partial charge on any atom is 0.123 e. The number of rotatable bonds is 5. The number of hydrogen-bond donors (Lipinski definition) is 1. The van der Waals surface area contributed by atoms with Crippen molar-refractivity contribution in [2.75, 3.05) is 20.1 Å². The van der Waals surface area contributed by atoms with Gasteiger partial charge < -0.3 is 5.73 Å². The van der Waals surface area contributed by atoms with Crippen LogP contribution in [-0.4, -0.2) is 25.0 Å². The van der Waals surface area contributed by atoms with E-state index in [0.717, 1.165) is 18.5 Å². The highest BCUT2D eigenvalue weighted by molar-refractivity contribution is 5.19. The highest BCUT2D eigenvalue weighted by Crippen LogP contribution is 2.18. The van der Waals surface area contributed by atoms with Crippen LogP contribution in [-0.2, 0) is 0 Å². The molecule has 0 aromatic heterocycles. The molecule has 0 saturated heterocycles. The van der Waals surface area contributed by atoms with E-state index in [-0.39, 0.29) is 5.82 Å². The maximum absolute atomic E-state index is 12.7. The van der Waals surface area contributed by atoms with Gasteiger partial charge in [0.05, 0.1) is 0 Å². The lowest BCUT2D eigenvalue weighted by Gasteiger charge is -2.24. The smallest absolute Gasteiger partial charge is 0.123 e. The molecule has 2 nitrogen and oxygen atoms in total. The average Bonchev–Trinajstić information content (AvgIpc) is 2.26. The Kier molecular flexibility index (Phi) is 4.72. The summed E-state index contributed by atoms with van der Waals surface area (Å²) < 4.78 is 12.7. The first-order valence-electron chi connectivity index (χ1n) is 5.31. The van der Waals surface area contributed by atoms with E-state index in [1.165, 1.54) is 12.1 Å². The van der Waals surface area contributed by atoms with Gasteiger partial charge in [0.25, 0.3) is 0 Å². The van der Waals surface area contributed by atoms with E-state index in [9.17, 15) is 4.39 Å². The van der Waals surface area contributed by atoms with Gasteiger partial charge in [-0.15, -0.1) is 0 Å². The van der Waals surface area contributed by atoms with Gasteiger partial charge >= 0.3 is 0 Å². The SMILES string of the molecule is CC(c1ccc(F)cc1)N(C)CCCN. The van der Waals surface area contributed by atoms with E-state index in [1.807, 2.05) is 12.1 Å². The van der Waals surface area contributed by atoms with Gasteiger partial charge in [0.15, 0.2) is 0 Å². The van der Waals surface area contributed by atoms with Gasteiger partial charge in [-0.05, 0) is 51.2 Å². The van der Waals surface area contributed by atoms with Crippen molar-refractivity contribution in [3.05, 3.63) is 35.6 Å². The summed E-state index contributed by atoms with van der Waals surface area (Å²) in [5.41, 5.74) is 6.59. The summed E-state index contributed by atoms with van der Waals surface area (Å²) in [4.78, 5) is 2.22. The Morgan fingerprint density at radius 2 is 1.93 bits per heavy atom. The van der Waals surface area contributed by atoms with E-state index in [2.05, 4.69) is 18.9 Å². The minimum atomic E-state index is -0.185. The molecule has 0 spiro atoms. The van der Waals surface area contributed by atoms with Crippen LogP contribution in [0.15, 0.2) is 24.3 Å². The van der Waals surface area contributed by atoms with Crippen LogP contribution < -0.4 is 5.73 Å². The van der Waals surface area contributed by atoms with Crippen LogP contribution in [0.4, 0.5) is 4.39 Å². The van der Waals surface area contributed by atoms with Gasteiger partial charge in [-0.3, -0.25) is 4.90 Å². The number of hydrogen-bond acceptors (Lipinski definition) is 2. The number of halogens is 1. The highest BCUT2D eigenvalue weighted by atomic mass is 19.1. The van der Waals surface area contributed by atoms with Crippen LogP contribution in [0, 0.1) is 5.82 Å². The van der Waals surface area contributed by atoms with Crippen molar-refractivity contribution in [1.29, 1.82) is 0 Å². The molecule has 3 heteroatoms. The summed E-state index contributed by atoms with van der Waals surface area (Å²) in [5, 5.41) is 0. The minimum absolute atomic E-state index is 0.185. The van der Waals surface area contributed by atoms with Crippen LogP contribution >= 0.6 is 0 Å². The minimum Gasteiger partial charge on any atom is -0.330 e. The molecule has 1 aromatic rings. The molecule has 0 radical (unpaired) electrons. The van der Waals surface area contributed by atoms with Crippen molar-refractivity contribution >= 4 is 0 Å². The Balaban J connectivity index is 2.59. The molecule has 0 bridgehead atoms. The van der Waals surface area contributed by atoms with Crippen molar-refractivity contribution in [2.24, 2.45) is 5.73 Å². The highest BCUT2D eigenvalue weighted by Gasteiger charge is 2.10. The van der Waals surface area contributed by atoms with E-state index in [1.54, 1.807) is 0 Å². The van der Waals surface area contributed by atoms with Crippen molar-refractivity contribution in [3.8, 4) is 0 Å². The fraction of sp³-hybridized carbons (Fsp3) is 0.500. The van der Waals surface area contributed by atoms with Crippen molar-refractivity contribution in [1.82, 2.24) is 4.90 Å². The normalized spacial score (nSPS) is 13.1. The maximum atomic E-state index is 12.7. The molecule has 1 rings (SSSR count). The first kappa shape index (κ1) is 12.1. The third-order valence-electron chi connectivity index (χ3n) is 2.73. The summed E-state index contributed by atoms with van der Waals surface area (Å²) in [6, 6.07) is 6.97. The number of nitrogens with zero attached hydrogens (tertiary/aromatic N) is 1. The zero-order chi connectivity index (χ0) is 11.3. The summed E-state index contributed by atoms with van der Waals surface area (Å²) in [6.07, 6.45) is 0.988. The van der Waals surface area contributed by atoms with Crippen LogP contribution in [0.3, 0.4) is 0 Å². The van der Waals surface area contributed by atoms with E-state index in [4.69, 9.17) is 5.73 Å². The molecule has 1 unspecified atom stereocenters. The first-order valence-corrected chi connectivity index (χ1v) is 5.31. The quantitative estimate of drug-likeness (QED) is 0.807. The van der Waals surface area contributed by atoms with Gasteiger partial charge in [-0.25, -0.2) is 4.39 Å². The average molecular weight is 210 g/mol. The topological polar surface area (TPSA) is 29.3 Å². The Bertz CT molecular complexity index is 284. The fourth-order valence-corrected chi connectivity index (χ4v) is 1.53. The molecular formula is C12H19FN2. The second-order valence-electron chi connectivity index (χ2n) is 3.85. The number of benzene rings is 1. The zero-order valence-electron chi connectivity index (χ0n) is 9.41. The fourth-order valence-electron chi connectivity index (χ4n) is 1.53. The lowest BCUT2D eigenvalue weighted by molar-refractivity contribution is 0.260. The predicted octanol–water partition coefficient (Wildman–Crippen LogP) is 2.17. The Morgan fingerprint density at radius 3 is 2.47 bits per heavy atom. The second-order valence-corrected chi connectivity index (χ2v) is 3.85. The molecule has 0 aliphatic heterocycles. The molecular weight excluding hydrogens is 191 g/mol.